The number of hydrogen-bond donors (Lipinski definition) is 2. The largest absolute Gasteiger partial charge is 0.393 e. The Bertz CT molecular complexity index is 132. The summed E-state index contributed by atoms with van der Waals surface area (Å²) in [6, 6.07) is 0.686. The summed E-state index contributed by atoms with van der Waals surface area (Å²) in [6.07, 6.45) is 6.16. The molecule has 0 aromatic heterocycles. The highest BCUT2D eigenvalue weighted by Crippen LogP contribution is 2.33. The van der Waals surface area contributed by atoms with Gasteiger partial charge in [0.15, 0.2) is 0 Å². The molecule has 0 amide bonds. The number of aliphatic hydroxyl groups is 1. The van der Waals surface area contributed by atoms with Gasteiger partial charge >= 0.3 is 0 Å². The summed E-state index contributed by atoms with van der Waals surface area (Å²) in [7, 11) is 0. The topological polar surface area (TPSA) is 32.3 Å². The van der Waals surface area contributed by atoms with E-state index in [2.05, 4.69) is 12.2 Å². The van der Waals surface area contributed by atoms with Gasteiger partial charge in [0.25, 0.3) is 0 Å². The third kappa shape index (κ3) is 5.27. The normalized spacial score (nSPS) is 21.5. The predicted molar refractivity (Wildman–Crippen MR) is 55.7 cm³/mol. The lowest BCUT2D eigenvalue weighted by molar-refractivity contribution is 0.181. The van der Waals surface area contributed by atoms with Gasteiger partial charge in [-0.2, -0.15) is 0 Å². The molecule has 1 fully saturated rings. The van der Waals surface area contributed by atoms with Crippen LogP contribution in [0.5, 0.6) is 0 Å². The van der Waals surface area contributed by atoms with Crippen LogP contribution in [0.25, 0.3) is 0 Å². The Balaban J connectivity index is 2.01. The molecule has 0 radical (unpaired) electrons. The van der Waals surface area contributed by atoms with Crippen LogP contribution in [-0.4, -0.2) is 23.8 Å². The van der Waals surface area contributed by atoms with Crippen LogP contribution < -0.4 is 5.32 Å². The van der Waals surface area contributed by atoms with Crippen LogP contribution in [0.1, 0.15) is 46.0 Å². The zero-order chi connectivity index (χ0) is 9.68. The highest BCUT2D eigenvalue weighted by Gasteiger charge is 2.24. The average molecular weight is 185 g/mol. The fourth-order valence-electron chi connectivity index (χ4n) is 1.65. The fourth-order valence-corrected chi connectivity index (χ4v) is 1.65. The molecule has 2 N–H and O–H groups in total. The van der Waals surface area contributed by atoms with E-state index in [1.165, 1.54) is 25.7 Å². The first-order chi connectivity index (χ1) is 6.22. The van der Waals surface area contributed by atoms with Crippen molar-refractivity contribution in [1.29, 1.82) is 0 Å². The van der Waals surface area contributed by atoms with Crippen molar-refractivity contribution in [3.63, 3.8) is 0 Å². The summed E-state index contributed by atoms with van der Waals surface area (Å²) >= 11 is 0. The predicted octanol–water partition coefficient (Wildman–Crippen LogP) is 1.93. The maximum atomic E-state index is 9.09. The second kappa shape index (κ2) is 5.61. The van der Waals surface area contributed by atoms with Crippen LogP contribution in [0.15, 0.2) is 0 Å². The Labute approximate surface area is 81.7 Å². The molecule has 2 atom stereocenters. The maximum absolute atomic E-state index is 9.09. The zero-order valence-electron chi connectivity index (χ0n) is 8.92. The Morgan fingerprint density at radius 1 is 1.46 bits per heavy atom. The molecular formula is C11H23NO. The molecule has 2 heteroatoms. The second-order valence-corrected chi connectivity index (χ2v) is 4.38. The van der Waals surface area contributed by atoms with Crippen molar-refractivity contribution in [2.24, 2.45) is 5.92 Å². The molecule has 78 valence electrons. The molecule has 0 saturated heterocycles. The van der Waals surface area contributed by atoms with Gasteiger partial charge in [0.2, 0.25) is 0 Å². The molecular weight excluding hydrogens is 162 g/mol. The van der Waals surface area contributed by atoms with Crippen molar-refractivity contribution in [2.75, 3.05) is 6.54 Å². The summed E-state index contributed by atoms with van der Waals surface area (Å²) in [5.41, 5.74) is 0. The first kappa shape index (κ1) is 11.0. The van der Waals surface area contributed by atoms with Gasteiger partial charge in [0.1, 0.15) is 0 Å². The average Bonchev–Trinajstić information content (AvgIpc) is 2.86. The van der Waals surface area contributed by atoms with Crippen molar-refractivity contribution >= 4 is 0 Å². The van der Waals surface area contributed by atoms with Gasteiger partial charge in [-0.25, -0.2) is 0 Å². The molecule has 2 unspecified atom stereocenters. The SMILES string of the molecule is CCC(CC1CC1)NCCC(C)O. The van der Waals surface area contributed by atoms with Crippen molar-refractivity contribution in [2.45, 2.75) is 58.1 Å². The fraction of sp³-hybridized carbons (Fsp3) is 1.00. The van der Waals surface area contributed by atoms with E-state index in [4.69, 9.17) is 5.11 Å². The van der Waals surface area contributed by atoms with Crippen molar-refractivity contribution in [3.8, 4) is 0 Å². The van der Waals surface area contributed by atoms with Crippen LogP contribution in [0.4, 0.5) is 0 Å². The molecule has 0 aliphatic heterocycles. The lowest BCUT2D eigenvalue weighted by atomic mass is 10.1. The van der Waals surface area contributed by atoms with Crippen LogP contribution in [0, 0.1) is 5.92 Å². The van der Waals surface area contributed by atoms with Gasteiger partial charge in [-0.3, -0.25) is 0 Å². The first-order valence-corrected chi connectivity index (χ1v) is 5.63. The van der Waals surface area contributed by atoms with Gasteiger partial charge in [-0.05, 0) is 38.6 Å². The van der Waals surface area contributed by atoms with Gasteiger partial charge in [0, 0.05) is 6.04 Å². The zero-order valence-corrected chi connectivity index (χ0v) is 8.92. The quantitative estimate of drug-likeness (QED) is 0.635. The molecule has 0 heterocycles. The summed E-state index contributed by atoms with van der Waals surface area (Å²) in [5, 5.41) is 12.6. The number of rotatable bonds is 7. The molecule has 2 nitrogen and oxygen atoms in total. The molecule has 1 rings (SSSR count). The lowest BCUT2D eigenvalue weighted by Gasteiger charge is -2.16. The van der Waals surface area contributed by atoms with E-state index >= 15 is 0 Å². The Kier molecular flexibility index (Phi) is 4.74. The molecule has 1 aliphatic rings. The molecule has 0 aromatic rings. The van der Waals surface area contributed by atoms with Gasteiger partial charge in [-0.1, -0.05) is 19.8 Å². The summed E-state index contributed by atoms with van der Waals surface area (Å²) < 4.78 is 0. The Morgan fingerprint density at radius 3 is 2.62 bits per heavy atom. The summed E-state index contributed by atoms with van der Waals surface area (Å²) in [5.74, 6) is 1.00. The van der Waals surface area contributed by atoms with Crippen molar-refractivity contribution in [1.82, 2.24) is 5.32 Å². The van der Waals surface area contributed by atoms with E-state index in [0.29, 0.717) is 6.04 Å². The van der Waals surface area contributed by atoms with E-state index in [1.54, 1.807) is 0 Å². The van der Waals surface area contributed by atoms with E-state index < -0.39 is 0 Å². The molecule has 0 spiro atoms. The minimum absolute atomic E-state index is 0.161. The smallest absolute Gasteiger partial charge is 0.0524 e. The van der Waals surface area contributed by atoms with Crippen LogP contribution in [-0.2, 0) is 0 Å². The Morgan fingerprint density at radius 2 is 2.15 bits per heavy atom. The minimum Gasteiger partial charge on any atom is -0.393 e. The van der Waals surface area contributed by atoms with Gasteiger partial charge < -0.3 is 10.4 Å². The highest BCUT2D eigenvalue weighted by molar-refractivity contribution is 4.79. The van der Waals surface area contributed by atoms with E-state index in [0.717, 1.165) is 18.9 Å². The number of aliphatic hydroxyl groups excluding tert-OH is 1. The molecule has 0 bridgehead atoms. The molecule has 1 aliphatic carbocycles. The molecule has 0 aromatic carbocycles. The Hall–Kier alpha value is -0.0800. The van der Waals surface area contributed by atoms with Crippen LogP contribution in [0.2, 0.25) is 0 Å². The highest BCUT2D eigenvalue weighted by atomic mass is 16.3. The number of nitrogens with one attached hydrogen (secondary N) is 1. The molecule has 1 saturated carbocycles. The number of hydrogen-bond acceptors (Lipinski definition) is 2. The van der Waals surface area contributed by atoms with Crippen LogP contribution >= 0.6 is 0 Å². The van der Waals surface area contributed by atoms with Gasteiger partial charge in [0.05, 0.1) is 6.10 Å². The second-order valence-electron chi connectivity index (χ2n) is 4.38. The standard InChI is InChI=1S/C11H23NO/c1-3-11(8-10-4-5-10)12-7-6-9(2)13/h9-13H,3-8H2,1-2H3. The summed E-state index contributed by atoms with van der Waals surface area (Å²) in [6.45, 7) is 5.05. The third-order valence-corrected chi connectivity index (χ3v) is 2.80. The first-order valence-electron chi connectivity index (χ1n) is 5.63. The van der Waals surface area contributed by atoms with Gasteiger partial charge in [-0.15, -0.1) is 0 Å². The molecule has 13 heavy (non-hydrogen) atoms. The van der Waals surface area contributed by atoms with E-state index in [9.17, 15) is 0 Å². The lowest BCUT2D eigenvalue weighted by Crippen LogP contribution is -2.31. The van der Waals surface area contributed by atoms with E-state index in [-0.39, 0.29) is 6.10 Å². The maximum Gasteiger partial charge on any atom is 0.0524 e. The third-order valence-electron chi connectivity index (χ3n) is 2.80. The monoisotopic (exact) mass is 185 g/mol. The van der Waals surface area contributed by atoms with Crippen molar-refractivity contribution < 1.29 is 5.11 Å². The van der Waals surface area contributed by atoms with Crippen molar-refractivity contribution in [3.05, 3.63) is 0 Å². The summed E-state index contributed by atoms with van der Waals surface area (Å²) in [4.78, 5) is 0. The van der Waals surface area contributed by atoms with Crippen LogP contribution in [0.3, 0.4) is 0 Å². The van der Waals surface area contributed by atoms with E-state index in [1.807, 2.05) is 6.92 Å². The minimum atomic E-state index is -0.161.